The zero-order valence-corrected chi connectivity index (χ0v) is 20.7. The van der Waals surface area contributed by atoms with E-state index >= 15 is 0 Å². The molecule has 172 valence electrons. The van der Waals surface area contributed by atoms with Crippen molar-refractivity contribution < 1.29 is 4.79 Å². The van der Waals surface area contributed by atoms with Gasteiger partial charge in [0.25, 0.3) is 0 Å². The number of nitrogens with two attached hydrogens (primary N) is 1. The Hall–Kier alpha value is -3.81. The number of hydrogen-bond donors (Lipinski definition) is 2. The third kappa shape index (κ3) is 5.39. The number of hydrogen-bond acceptors (Lipinski definition) is 6. The summed E-state index contributed by atoms with van der Waals surface area (Å²) in [5, 5.41) is 22.5. The Morgan fingerprint density at radius 1 is 1.00 bits per heavy atom. The summed E-state index contributed by atoms with van der Waals surface area (Å²) >= 11 is 1.15. The van der Waals surface area contributed by atoms with Crippen LogP contribution in [0.5, 0.6) is 0 Å². The number of pyridine rings is 1. The van der Waals surface area contributed by atoms with Crippen LogP contribution in [-0.2, 0) is 4.79 Å². The fourth-order valence-electron chi connectivity index (χ4n) is 3.72. The number of amides is 1. The van der Waals surface area contributed by atoms with Crippen molar-refractivity contribution in [2.24, 2.45) is 0 Å². The van der Waals surface area contributed by atoms with Crippen molar-refractivity contribution in [3.63, 3.8) is 0 Å². The minimum atomic E-state index is -0.552. The van der Waals surface area contributed by atoms with Gasteiger partial charge < -0.3 is 11.1 Å². The number of carbonyl (C=O) groups excluding carboxylic acids is 1. The molecule has 1 aromatic heterocycles. The van der Waals surface area contributed by atoms with Crippen LogP contribution in [0.1, 0.15) is 54.5 Å². The van der Waals surface area contributed by atoms with Crippen molar-refractivity contribution >= 4 is 29.2 Å². The van der Waals surface area contributed by atoms with Gasteiger partial charge in [-0.1, -0.05) is 55.9 Å². The largest absolute Gasteiger partial charge is 0.383 e. The molecule has 0 radical (unpaired) electrons. The first-order valence-electron chi connectivity index (χ1n) is 10.9. The molecule has 0 saturated heterocycles. The maximum Gasteiger partial charge on any atom is 0.237 e. The van der Waals surface area contributed by atoms with E-state index in [9.17, 15) is 15.3 Å². The monoisotopic (exact) mass is 469 g/mol. The zero-order valence-electron chi connectivity index (χ0n) is 19.9. The SMILES string of the molecule is Cc1cc(C)cc(NC(=O)C(C)Sc2nc(N)c(C#N)c(-c3ccc(C(C)C)cc3)c2C#N)c1. The Morgan fingerprint density at radius 3 is 2.12 bits per heavy atom. The van der Waals surface area contributed by atoms with Crippen LogP contribution in [0.3, 0.4) is 0 Å². The quantitative estimate of drug-likeness (QED) is 0.432. The molecule has 7 heteroatoms. The van der Waals surface area contributed by atoms with Crippen LogP contribution < -0.4 is 11.1 Å². The Bertz CT molecular complexity index is 1300. The van der Waals surface area contributed by atoms with Crippen molar-refractivity contribution in [2.45, 2.75) is 50.8 Å². The van der Waals surface area contributed by atoms with Gasteiger partial charge in [-0.2, -0.15) is 10.5 Å². The van der Waals surface area contributed by atoms with E-state index in [-0.39, 0.29) is 22.9 Å². The third-order valence-corrected chi connectivity index (χ3v) is 6.51. The normalized spacial score (nSPS) is 11.5. The average Bonchev–Trinajstić information content (AvgIpc) is 2.78. The number of nitrogens with zero attached hydrogens (tertiary/aromatic N) is 3. The Morgan fingerprint density at radius 2 is 1.59 bits per heavy atom. The van der Waals surface area contributed by atoms with Gasteiger partial charge in [-0.25, -0.2) is 4.98 Å². The average molecular weight is 470 g/mol. The number of nitrogens with one attached hydrogen (secondary N) is 1. The van der Waals surface area contributed by atoms with Gasteiger partial charge in [-0.05, 0) is 61.1 Å². The van der Waals surface area contributed by atoms with Crippen molar-refractivity contribution in [1.82, 2.24) is 4.98 Å². The van der Waals surface area contributed by atoms with Crippen LogP contribution in [0.15, 0.2) is 47.5 Å². The summed E-state index contributed by atoms with van der Waals surface area (Å²) in [6.07, 6.45) is 0. The lowest BCUT2D eigenvalue weighted by molar-refractivity contribution is -0.115. The number of carbonyl (C=O) groups is 1. The smallest absolute Gasteiger partial charge is 0.237 e. The number of rotatable bonds is 6. The standard InChI is InChI=1S/C27H27N5OS/c1-15(2)19-6-8-20(9-7-19)24-22(13-28)25(30)32-27(23(24)14-29)34-18(5)26(33)31-21-11-16(3)10-17(4)12-21/h6-12,15,18H,1-5H3,(H2,30,32)(H,31,33). The predicted molar refractivity (Wildman–Crippen MR) is 137 cm³/mol. The van der Waals surface area contributed by atoms with E-state index in [4.69, 9.17) is 5.73 Å². The van der Waals surface area contributed by atoms with Crippen LogP contribution in [0, 0.1) is 36.5 Å². The summed E-state index contributed by atoms with van der Waals surface area (Å²) in [6, 6.07) is 17.8. The number of nitriles is 2. The van der Waals surface area contributed by atoms with Crippen LogP contribution in [0.4, 0.5) is 11.5 Å². The van der Waals surface area contributed by atoms with Crippen molar-refractivity contribution in [3.05, 3.63) is 70.3 Å². The molecule has 2 aromatic carbocycles. The van der Waals surface area contributed by atoms with E-state index in [0.717, 1.165) is 28.5 Å². The minimum absolute atomic E-state index is 0.0360. The predicted octanol–water partition coefficient (Wildman–Crippen LogP) is 5.93. The molecule has 0 fully saturated rings. The van der Waals surface area contributed by atoms with E-state index in [0.29, 0.717) is 27.8 Å². The zero-order chi connectivity index (χ0) is 25.0. The van der Waals surface area contributed by atoms with Crippen molar-refractivity contribution in [2.75, 3.05) is 11.1 Å². The van der Waals surface area contributed by atoms with Gasteiger partial charge in [0.15, 0.2) is 0 Å². The highest BCUT2D eigenvalue weighted by Gasteiger charge is 2.24. The highest BCUT2D eigenvalue weighted by molar-refractivity contribution is 8.00. The van der Waals surface area contributed by atoms with Gasteiger partial charge in [0.05, 0.1) is 10.8 Å². The summed E-state index contributed by atoms with van der Waals surface area (Å²) in [7, 11) is 0. The molecule has 1 amide bonds. The highest BCUT2D eigenvalue weighted by atomic mass is 32.2. The Balaban J connectivity index is 1.98. The molecular weight excluding hydrogens is 442 g/mol. The number of thioether (sulfide) groups is 1. The van der Waals surface area contributed by atoms with Gasteiger partial charge in [-0.15, -0.1) is 0 Å². The lowest BCUT2D eigenvalue weighted by atomic mass is 9.94. The van der Waals surface area contributed by atoms with Crippen LogP contribution in [0.25, 0.3) is 11.1 Å². The molecule has 0 aliphatic heterocycles. The molecule has 0 aliphatic rings. The van der Waals surface area contributed by atoms with Gasteiger partial charge in [-0.3, -0.25) is 4.79 Å². The first-order chi connectivity index (χ1) is 16.1. The summed E-state index contributed by atoms with van der Waals surface area (Å²) in [6.45, 7) is 9.88. The Labute approximate surface area is 204 Å². The Kier molecular flexibility index (Phi) is 7.61. The molecular formula is C27H27N5OS. The molecule has 0 bridgehead atoms. The van der Waals surface area contributed by atoms with E-state index in [1.807, 2.05) is 56.3 Å². The van der Waals surface area contributed by atoms with Crippen molar-refractivity contribution in [1.29, 1.82) is 10.5 Å². The van der Waals surface area contributed by atoms with Gasteiger partial charge in [0.2, 0.25) is 5.91 Å². The topological polar surface area (TPSA) is 116 Å². The van der Waals surface area contributed by atoms with Gasteiger partial charge >= 0.3 is 0 Å². The fraction of sp³-hybridized carbons (Fsp3) is 0.259. The van der Waals surface area contributed by atoms with Crippen LogP contribution in [-0.4, -0.2) is 16.1 Å². The molecule has 34 heavy (non-hydrogen) atoms. The lowest BCUT2D eigenvalue weighted by Gasteiger charge is -2.16. The molecule has 6 nitrogen and oxygen atoms in total. The molecule has 0 spiro atoms. The maximum atomic E-state index is 12.9. The number of aromatic nitrogens is 1. The summed E-state index contributed by atoms with van der Waals surface area (Å²) < 4.78 is 0. The molecule has 3 rings (SSSR count). The van der Waals surface area contributed by atoms with Crippen LogP contribution >= 0.6 is 11.8 Å². The van der Waals surface area contributed by atoms with E-state index in [1.165, 1.54) is 0 Å². The minimum Gasteiger partial charge on any atom is -0.383 e. The molecule has 3 N–H and O–H groups in total. The number of benzene rings is 2. The molecule has 0 aliphatic carbocycles. The second-order valence-corrected chi connectivity index (χ2v) is 9.88. The lowest BCUT2D eigenvalue weighted by Crippen LogP contribution is -2.23. The van der Waals surface area contributed by atoms with Gasteiger partial charge in [0, 0.05) is 11.3 Å². The van der Waals surface area contributed by atoms with Gasteiger partial charge in [0.1, 0.15) is 28.5 Å². The number of nitrogen functional groups attached to an aromatic ring is 1. The highest BCUT2D eigenvalue weighted by Crippen LogP contribution is 2.37. The van der Waals surface area contributed by atoms with Crippen molar-refractivity contribution in [3.8, 4) is 23.3 Å². The molecule has 1 heterocycles. The number of anilines is 2. The van der Waals surface area contributed by atoms with E-state index < -0.39 is 5.25 Å². The third-order valence-electron chi connectivity index (χ3n) is 5.43. The molecule has 0 saturated carbocycles. The fourth-order valence-corrected chi connectivity index (χ4v) is 4.64. The van der Waals surface area contributed by atoms with E-state index in [1.54, 1.807) is 6.92 Å². The first-order valence-corrected chi connectivity index (χ1v) is 11.8. The van der Waals surface area contributed by atoms with E-state index in [2.05, 4.69) is 36.3 Å². The molecule has 3 aromatic rings. The first kappa shape index (κ1) is 24.8. The maximum absolute atomic E-state index is 12.9. The second kappa shape index (κ2) is 10.4. The summed E-state index contributed by atoms with van der Waals surface area (Å²) in [5.74, 6) is 0.172. The summed E-state index contributed by atoms with van der Waals surface area (Å²) in [5.41, 5.74) is 11.6. The molecule has 1 unspecified atom stereocenters. The van der Waals surface area contributed by atoms with Crippen LogP contribution in [0.2, 0.25) is 0 Å². The summed E-state index contributed by atoms with van der Waals surface area (Å²) in [4.78, 5) is 17.2. The second-order valence-electron chi connectivity index (χ2n) is 8.55. The molecule has 1 atom stereocenters. The number of aryl methyl sites for hydroxylation is 2.